The summed E-state index contributed by atoms with van der Waals surface area (Å²) < 4.78 is 43.7. The standard InChI is InChI=1S/C18H28N2O3S.C2HF3O2/c1-14-5-6-16(24-14)10-20-8-4-7-18(13-20)9-15(11-23-18)22-12-17(21)19(2)3;3-2(4,5)1(6)7/h5-6,15H,4,7-13H2,1-3H3;(H,6,7)/t15-,18-;/m0./s1. The number of alkyl halides is 3. The number of ether oxygens (including phenoxy) is 2. The van der Waals surface area contributed by atoms with E-state index in [0.717, 1.165) is 38.9 Å². The molecule has 176 valence electrons. The van der Waals surface area contributed by atoms with Gasteiger partial charge in [-0.3, -0.25) is 9.69 Å². The summed E-state index contributed by atoms with van der Waals surface area (Å²) in [7, 11) is 3.51. The van der Waals surface area contributed by atoms with E-state index in [1.165, 1.54) is 9.75 Å². The van der Waals surface area contributed by atoms with Gasteiger partial charge in [-0.15, -0.1) is 11.3 Å². The van der Waals surface area contributed by atoms with E-state index in [2.05, 4.69) is 24.0 Å². The largest absolute Gasteiger partial charge is 0.490 e. The fourth-order valence-corrected chi connectivity index (χ4v) is 4.56. The minimum atomic E-state index is -5.08. The number of thiophene rings is 1. The number of amides is 1. The lowest BCUT2D eigenvalue weighted by molar-refractivity contribution is -0.192. The number of aryl methyl sites for hydroxylation is 1. The lowest BCUT2D eigenvalue weighted by Gasteiger charge is -2.39. The molecule has 0 aromatic carbocycles. The maximum atomic E-state index is 11.7. The zero-order valence-corrected chi connectivity index (χ0v) is 18.7. The van der Waals surface area contributed by atoms with Crippen LogP contribution in [0.2, 0.25) is 0 Å². The fraction of sp³-hybridized carbons (Fsp3) is 0.700. The third-order valence-electron chi connectivity index (χ3n) is 5.15. The van der Waals surface area contributed by atoms with Crippen molar-refractivity contribution >= 4 is 23.2 Å². The second kappa shape index (κ2) is 10.8. The average Bonchev–Trinajstić information content (AvgIpc) is 3.25. The predicted octanol–water partition coefficient (Wildman–Crippen LogP) is 2.92. The van der Waals surface area contributed by atoms with Crippen LogP contribution in [-0.4, -0.2) is 85.1 Å². The van der Waals surface area contributed by atoms with Gasteiger partial charge >= 0.3 is 12.1 Å². The number of carbonyl (C=O) groups excluding carboxylic acids is 1. The van der Waals surface area contributed by atoms with Gasteiger partial charge in [0.25, 0.3) is 0 Å². The highest BCUT2D eigenvalue weighted by Crippen LogP contribution is 2.36. The molecule has 3 rings (SSSR count). The van der Waals surface area contributed by atoms with Crippen molar-refractivity contribution in [2.24, 2.45) is 0 Å². The van der Waals surface area contributed by atoms with Gasteiger partial charge in [-0.1, -0.05) is 0 Å². The number of halogens is 3. The summed E-state index contributed by atoms with van der Waals surface area (Å²) >= 11 is 1.88. The van der Waals surface area contributed by atoms with E-state index >= 15 is 0 Å². The van der Waals surface area contributed by atoms with Crippen molar-refractivity contribution in [3.63, 3.8) is 0 Å². The number of piperidine rings is 1. The highest BCUT2D eigenvalue weighted by Gasteiger charge is 2.44. The Morgan fingerprint density at radius 3 is 2.61 bits per heavy atom. The van der Waals surface area contributed by atoms with Crippen molar-refractivity contribution in [1.29, 1.82) is 0 Å². The monoisotopic (exact) mass is 466 g/mol. The average molecular weight is 467 g/mol. The second-order valence-corrected chi connectivity index (χ2v) is 9.42. The lowest BCUT2D eigenvalue weighted by atomic mass is 9.89. The van der Waals surface area contributed by atoms with Gasteiger partial charge in [-0.2, -0.15) is 13.2 Å². The van der Waals surface area contributed by atoms with Gasteiger partial charge in [0, 0.05) is 43.4 Å². The molecule has 0 radical (unpaired) electrons. The number of hydrogen-bond acceptors (Lipinski definition) is 6. The topological polar surface area (TPSA) is 79.3 Å². The molecule has 0 bridgehead atoms. The molecule has 1 N–H and O–H groups in total. The third-order valence-corrected chi connectivity index (χ3v) is 6.14. The van der Waals surface area contributed by atoms with Crippen LogP contribution in [0.1, 0.15) is 29.0 Å². The minimum Gasteiger partial charge on any atom is -0.475 e. The molecule has 31 heavy (non-hydrogen) atoms. The van der Waals surface area contributed by atoms with Gasteiger partial charge in [0.05, 0.1) is 18.3 Å². The van der Waals surface area contributed by atoms with Gasteiger partial charge in [0.15, 0.2) is 0 Å². The van der Waals surface area contributed by atoms with Crippen molar-refractivity contribution in [1.82, 2.24) is 9.80 Å². The summed E-state index contributed by atoms with van der Waals surface area (Å²) in [6.45, 7) is 6.01. The van der Waals surface area contributed by atoms with Gasteiger partial charge < -0.3 is 19.5 Å². The molecule has 2 aliphatic rings. The highest BCUT2D eigenvalue weighted by atomic mass is 32.1. The number of carboxylic acids is 1. The molecule has 7 nitrogen and oxygen atoms in total. The number of rotatable bonds is 5. The Labute approximate surface area is 183 Å². The van der Waals surface area contributed by atoms with Gasteiger partial charge in [0.2, 0.25) is 5.91 Å². The minimum absolute atomic E-state index is 0.00860. The van der Waals surface area contributed by atoms with Crippen molar-refractivity contribution < 1.29 is 37.3 Å². The number of carboxylic acid groups (broad SMARTS) is 1. The molecule has 0 unspecified atom stereocenters. The third kappa shape index (κ3) is 8.06. The summed E-state index contributed by atoms with van der Waals surface area (Å²) in [4.78, 5) is 27.4. The number of aliphatic carboxylic acids is 1. The van der Waals surface area contributed by atoms with E-state index in [-0.39, 0.29) is 24.2 Å². The van der Waals surface area contributed by atoms with Crippen LogP contribution in [-0.2, 0) is 25.6 Å². The zero-order valence-electron chi connectivity index (χ0n) is 17.9. The predicted molar refractivity (Wildman–Crippen MR) is 109 cm³/mol. The summed E-state index contributed by atoms with van der Waals surface area (Å²) in [6.07, 6.45) is -1.90. The summed E-state index contributed by atoms with van der Waals surface area (Å²) in [5.41, 5.74) is -0.0869. The normalized spacial score (nSPS) is 24.0. The first kappa shape index (κ1) is 25.6. The van der Waals surface area contributed by atoms with Crippen molar-refractivity contribution in [3.05, 3.63) is 21.9 Å². The molecule has 11 heteroatoms. The number of carbonyl (C=O) groups is 2. The molecule has 1 spiro atoms. The van der Waals surface area contributed by atoms with E-state index in [0.29, 0.717) is 6.61 Å². The Kier molecular flexibility index (Phi) is 8.87. The van der Waals surface area contributed by atoms with Crippen LogP contribution in [0.15, 0.2) is 12.1 Å². The quantitative estimate of drug-likeness (QED) is 0.719. The first-order valence-corrected chi connectivity index (χ1v) is 10.8. The Hall–Kier alpha value is -1.69. The molecule has 0 aliphatic carbocycles. The Balaban J connectivity index is 0.000000423. The number of likely N-dealkylation sites (N-methyl/N-ethyl adjacent to an activating group) is 1. The molecule has 1 aromatic heterocycles. The Bertz CT molecular complexity index is 755. The van der Waals surface area contributed by atoms with Crippen LogP contribution in [0.4, 0.5) is 13.2 Å². The van der Waals surface area contributed by atoms with E-state index in [9.17, 15) is 18.0 Å². The first-order chi connectivity index (χ1) is 14.4. The van der Waals surface area contributed by atoms with Crippen LogP contribution in [0, 0.1) is 6.92 Å². The second-order valence-electron chi connectivity index (χ2n) is 8.05. The zero-order chi connectivity index (χ0) is 23.2. The molecular weight excluding hydrogens is 437 g/mol. The molecule has 2 atom stereocenters. The summed E-state index contributed by atoms with van der Waals surface area (Å²) in [5.74, 6) is -2.75. The fourth-order valence-electron chi connectivity index (χ4n) is 3.63. The summed E-state index contributed by atoms with van der Waals surface area (Å²) in [5, 5.41) is 7.12. The number of hydrogen-bond donors (Lipinski definition) is 1. The maximum absolute atomic E-state index is 11.7. The van der Waals surface area contributed by atoms with Crippen LogP contribution < -0.4 is 0 Å². The Morgan fingerprint density at radius 1 is 1.39 bits per heavy atom. The highest BCUT2D eigenvalue weighted by molar-refractivity contribution is 7.11. The molecule has 2 saturated heterocycles. The van der Waals surface area contributed by atoms with Gasteiger partial charge in [0.1, 0.15) is 6.61 Å². The molecule has 1 amide bonds. The smallest absolute Gasteiger partial charge is 0.475 e. The Morgan fingerprint density at radius 2 is 2.06 bits per heavy atom. The van der Waals surface area contributed by atoms with Crippen LogP contribution in [0.3, 0.4) is 0 Å². The molecule has 3 heterocycles. The van der Waals surface area contributed by atoms with E-state index in [4.69, 9.17) is 19.4 Å². The summed E-state index contributed by atoms with van der Waals surface area (Å²) in [6, 6.07) is 4.42. The lowest BCUT2D eigenvalue weighted by Crippen LogP contribution is -2.47. The van der Waals surface area contributed by atoms with Crippen LogP contribution in [0.25, 0.3) is 0 Å². The number of nitrogens with zero attached hydrogens (tertiary/aromatic N) is 2. The van der Waals surface area contributed by atoms with Crippen molar-refractivity contribution in [2.75, 3.05) is 40.4 Å². The molecular formula is C20H29F3N2O5S. The van der Waals surface area contributed by atoms with Gasteiger partial charge in [-0.05, 0) is 38.4 Å². The van der Waals surface area contributed by atoms with Crippen molar-refractivity contribution in [2.45, 2.75) is 50.6 Å². The molecule has 0 saturated carbocycles. The van der Waals surface area contributed by atoms with Crippen LogP contribution in [0.5, 0.6) is 0 Å². The van der Waals surface area contributed by atoms with Crippen LogP contribution >= 0.6 is 11.3 Å². The SMILES string of the molecule is Cc1ccc(CN2CCC[C@]3(C[C@H](OCC(=O)N(C)C)CO3)C2)s1.O=C(O)C(F)(F)F. The molecule has 2 fully saturated rings. The van der Waals surface area contributed by atoms with E-state index < -0.39 is 12.1 Å². The maximum Gasteiger partial charge on any atom is 0.490 e. The molecule has 1 aromatic rings. The van der Waals surface area contributed by atoms with E-state index in [1.807, 2.05) is 11.3 Å². The number of likely N-dealkylation sites (tertiary alicyclic amines) is 1. The van der Waals surface area contributed by atoms with E-state index in [1.54, 1.807) is 19.0 Å². The molecule has 2 aliphatic heterocycles. The van der Waals surface area contributed by atoms with Gasteiger partial charge in [-0.25, -0.2) is 4.79 Å². The first-order valence-electron chi connectivity index (χ1n) is 9.94. The van der Waals surface area contributed by atoms with Crippen molar-refractivity contribution in [3.8, 4) is 0 Å².